The van der Waals surface area contributed by atoms with Crippen molar-refractivity contribution in [2.45, 2.75) is 6.92 Å². The van der Waals surface area contributed by atoms with Gasteiger partial charge < -0.3 is 0 Å². The molecule has 0 aliphatic carbocycles. The first-order chi connectivity index (χ1) is 7.31. The minimum atomic E-state index is 0. The number of benzene rings is 2. The van der Waals surface area contributed by atoms with Crippen LogP contribution in [0.15, 0.2) is 48.5 Å². The molecule has 0 aliphatic heterocycles. The molecule has 0 heterocycles. The molecule has 2 nitrogen and oxygen atoms in total. The van der Waals surface area contributed by atoms with Crippen LogP contribution in [0.25, 0.3) is 11.1 Å². The molecule has 3 heteroatoms. The van der Waals surface area contributed by atoms with Gasteiger partial charge in [-0.2, -0.15) is 0 Å². The van der Waals surface area contributed by atoms with Crippen LogP contribution in [0.4, 0.5) is 5.69 Å². The first-order valence-corrected chi connectivity index (χ1v) is 4.87. The van der Waals surface area contributed by atoms with Gasteiger partial charge in [0.15, 0.2) is 0 Å². The fourth-order valence-electron chi connectivity index (χ4n) is 1.62. The molecule has 0 radical (unpaired) electrons. The molecule has 2 rings (SSSR count). The summed E-state index contributed by atoms with van der Waals surface area (Å²) in [4.78, 5) is 0. The highest BCUT2D eigenvalue weighted by molar-refractivity contribution is 5.85. The van der Waals surface area contributed by atoms with Crippen molar-refractivity contribution in [3.05, 3.63) is 54.1 Å². The van der Waals surface area contributed by atoms with E-state index in [4.69, 9.17) is 5.21 Å². The van der Waals surface area contributed by atoms with Crippen molar-refractivity contribution in [1.29, 1.82) is 0 Å². The highest BCUT2D eigenvalue weighted by Gasteiger charge is 2.01. The van der Waals surface area contributed by atoms with E-state index in [9.17, 15) is 0 Å². The quantitative estimate of drug-likeness (QED) is 0.775. The Hall–Kier alpha value is -1.51. The minimum absolute atomic E-state index is 0. The third kappa shape index (κ3) is 2.54. The van der Waals surface area contributed by atoms with Gasteiger partial charge >= 0.3 is 0 Å². The van der Waals surface area contributed by atoms with Gasteiger partial charge in [-0.25, -0.2) is 0 Å². The summed E-state index contributed by atoms with van der Waals surface area (Å²) in [6.07, 6.45) is 0. The molecule has 0 atom stereocenters. The third-order valence-electron chi connectivity index (χ3n) is 2.45. The van der Waals surface area contributed by atoms with E-state index < -0.39 is 0 Å². The number of hydrogen-bond donors (Lipinski definition) is 2. The Morgan fingerprint density at radius 2 is 1.69 bits per heavy atom. The molecule has 0 aliphatic rings. The number of rotatable bonds is 2. The largest absolute Gasteiger partial charge is 0.291 e. The summed E-state index contributed by atoms with van der Waals surface area (Å²) in [5, 5.41) is 8.85. The van der Waals surface area contributed by atoms with Crippen LogP contribution in [0.1, 0.15) is 5.56 Å². The molecule has 2 aromatic carbocycles. The van der Waals surface area contributed by atoms with Gasteiger partial charge in [0, 0.05) is 0 Å². The number of aryl methyl sites for hydroxylation is 1. The van der Waals surface area contributed by atoms with Gasteiger partial charge in [0.25, 0.3) is 0 Å². The minimum Gasteiger partial charge on any atom is -0.291 e. The van der Waals surface area contributed by atoms with Crippen molar-refractivity contribution in [2.75, 3.05) is 5.48 Å². The summed E-state index contributed by atoms with van der Waals surface area (Å²) in [6, 6.07) is 15.9. The van der Waals surface area contributed by atoms with E-state index >= 15 is 0 Å². The molecule has 2 aromatic rings. The monoisotopic (exact) mass is 235 g/mol. The lowest BCUT2D eigenvalue weighted by molar-refractivity contribution is 0.389. The smallest absolute Gasteiger partial charge is 0.0608 e. The van der Waals surface area contributed by atoms with Crippen molar-refractivity contribution in [3.63, 3.8) is 0 Å². The molecule has 0 unspecified atom stereocenters. The number of hydrogen-bond acceptors (Lipinski definition) is 2. The van der Waals surface area contributed by atoms with Crippen molar-refractivity contribution in [3.8, 4) is 11.1 Å². The topological polar surface area (TPSA) is 32.3 Å². The first-order valence-electron chi connectivity index (χ1n) is 4.87. The molecular formula is C13H14ClNO. The zero-order valence-corrected chi connectivity index (χ0v) is 9.79. The molecule has 0 bridgehead atoms. The van der Waals surface area contributed by atoms with Gasteiger partial charge in [0.1, 0.15) is 0 Å². The normalized spacial score (nSPS) is 9.38. The van der Waals surface area contributed by atoms with E-state index in [0.29, 0.717) is 5.69 Å². The van der Waals surface area contributed by atoms with Gasteiger partial charge in [-0.05, 0) is 35.7 Å². The molecule has 0 saturated carbocycles. The summed E-state index contributed by atoms with van der Waals surface area (Å²) >= 11 is 0. The van der Waals surface area contributed by atoms with Crippen molar-refractivity contribution in [2.24, 2.45) is 0 Å². The maximum atomic E-state index is 8.85. The third-order valence-corrected chi connectivity index (χ3v) is 2.45. The van der Waals surface area contributed by atoms with Crippen LogP contribution in [-0.4, -0.2) is 5.21 Å². The van der Waals surface area contributed by atoms with E-state index in [1.165, 1.54) is 5.56 Å². The lowest BCUT2D eigenvalue weighted by atomic mass is 10.0. The number of halogens is 1. The molecule has 0 fully saturated rings. The van der Waals surface area contributed by atoms with Crippen LogP contribution >= 0.6 is 12.4 Å². The zero-order chi connectivity index (χ0) is 10.7. The summed E-state index contributed by atoms with van der Waals surface area (Å²) in [7, 11) is 0. The van der Waals surface area contributed by atoms with Gasteiger partial charge in [0.05, 0.1) is 5.69 Å². The SMILES string of the molecule is Cc1ccc(NO)cc1-c1ccccc1.Cl. The van der Waals surface area contributed by atoms with Crippen LogP contribution in [0.2, 0.25) is 0 Å². The first kappa shape index (κ1) is 12.6. The Kier molecular flexibility index (Phi) is 4.35. The van der Waals surface area contributed by atoms with E-state index in [0.717, 1.165) is 11.1 Å². The Balaban J connectivity index is 0.00000128. The standard InChI is InChI=1S/C13H13NO.ClH/c1-10-7-8-12(14-15)9-13(10)11-5-3-2-4-6-11;/h2-9,14-15H,1H3;1H. The van der Waals surface area contributed by atoms with Gasteiger partial charge in [-0.1, -0.05) is 36.4 Å². The van der Waals surface area contributed by atoms with E-state index in [1.54, 1.807) is 0 Å². The predicted octanol–water partition coefficient (Wildman–Crippen LogP) is 3.88. The summed E-state index contributed by atoms with van der Waals surface area (Å²) in [5.74, 6) is 0. The van der Waals surface area contributed by atoms with E-state index in [2.05, 4.69) is 24.5 Å². The van der Waals surface area contributed by atoms with Crippen molar-refractivity contribution in [1.82, 2.24) is 0 Å². The van der Waals surface area contributed by atoms with Crippen LogP contribution in [0.3, 0.4) is 0 Å². The average molecular weight is 236 g/mol. The number of nitrogens with one attached hydrogen (secondary N) is 1. The molecule has 2 N–H and O–H groups in total. The zero-order valence-electron chi connectivity index (χ0n) is 8.97. The highest BCUT2D eigenvalue weighted by atomic mass is 35.5. The van der Waals surface area contributed by atoms with Crippen LogP contribution in [0.5, 0.6) is 0 Å². The second-order valence-corrected chi connectivity index (χ2v) is 3.51. The Bertz CT molecular complexity index is 457. The lowest BCUT2D eigenvalue weighted by Crippen LogP contribution is -1.91. The van der Waals surface area contributed by atoms with Crippen molar-refractivity contribution < 1.29 is 5.21 Å². The fraction of sp³-hybridized carbons (Fsp3) is 0.0769. The maximum absolute atomic E-state index is 8.85. The van der Waals surface area contributed by atoms with Gasteiger partial charge in [-0.15, -0.1) is 12.4 Å². The molecular weight excluding hydrogens is 222 g/mol. The van der Waals surface area contributed by atoms with Gasteiger partial charge in [0.2, 0.25) is 0 Å². The Morgan fingerprint density at radius 3 is 2.31 bits per heavy atom. The van der Waals surface area contributed by atoms with Crippen LogP contribution in [-0.2, 0) is 0 Å². The molecule has 0 spiro atoms. The van der Waals surface area contributed by atoms with Gasteiger partial charge in [-0.3, -0.25) is 10.7 Å². The maximum Gasteiger partial charge on any atom is 0.0608 e. The molecule has 84 valence electrons. The predicted molar refractivity (Wildman–Crippen MR) is 69.3 cm³/mol. The highest BCUT2D eigenvalue weighted by Crippen LogP contribution is 2.25. The van der Waals surface area contributed by atoms with E-state index in [1.807, 2.05) is 36.4 Å². The molecule has 0 saturated heterocycles. The van der Waals surface area contributed by atoms with Crippen LogP contribution in [0, 0.1) is 6.92 Å². The average Bonchev–Trinajstić information content (AvgIpc) is 2.31. The second-order valence-electron chi connectivity index (χ2n) is 3.51. The number of anilines is 1. The van der Waals surface area contributed by atoms with E-state index in [-0.39, 0.29) is 12.4 Å². The molecule has 0 amide bonds. The molecule has 0 aromatic heterocycles. The summed E-state index contributed by atoms with van der Waals surface area (Å²) in [5.41, 5.74) is 6.36. The van der Waals surface area contributed by atoms with Crippen molar-refractivity contribution >= 4 is 18.1 Å². The fourth-order valence-corrected chi connectivity index (χ4v) is 1.62. The Labute approximate surface area is 101 Å². The lowest BCUT2D eigenvalue weighted by Gasteiger charge is -2.08. The molecule has 16 heavy (non-hydrogen) atoms. The Morgan fingerprint density at radius 1 is 1.00 bits per heavy atom. The summed E-state index contributed by atoms with van der Waals surface area (Å²) < 4.78 is 0. The second kappa shape index (κ2) is 5.54. The van der Waals surface area contributed by atoms with Crippen LogP contribution < -0.4 is 5.48 Å². The summed E-state index contributed by atoms with van der Waals surface area (Å²) in [6.45, 7) is 2.06.